The summed E-state index contributed by atoms with van der Waals surface area (Å²) in [6.45, 7) is 4.65. The molecule has 0 unspecified atom stereocenters. The van der Waals surface area contributed by atoms with Gasteiger partial charge in [0.2, 0.25) is 0 Å². The molecule has 1 fully saturated rings. The van der Waals surface area contributed by atoms with Gasteiger partial charge < -0.3 is 19.5 Å². The van der Waals surface area contributed by atoms with Gasteiger partial charge in [-0.25, -0.2) is 4.39 Å². The number of carbonyl (C=O) groups is 1. The average molecular weight is 371 g/mol. The van der Waals surface area contributed by atoms with Crippen molar-refractivity contribution in [3.05, 3.63) is 59.4 Å². The van der Waals surface area contributed by atoms with E-state index in [2.05, 4.69) is 0 Å². The van der Waals surface area contributed by atoms with Gasteiger partial charge in [0.05, 0.1) is 25.5 Å². The second-order valence-corrected chi connectivity index (χ2v) is 6.12. The minimum Gasteiger partial charge on any atom is -0.504 e. The van der Waals surface area contributed by atoms with Gasteiger partial charge in [0.25, 0.3) is 0 Å². The van der Waals surface area contributed by atoms with Crippen molar-refractivity contribution in [1.29, 1.82) is 0 Å². The number of rotatable bonds is 6. The molecule has 1 saturated heterocycles. The first-order chi connectivity index (χ1) is 13.1. The number of benzene rings is 2. The Bertz CT molecular complexity index is 844. The summed E-state index contributed by atoms with van der Waals surface area (Å²) < 4.78 is 25.0. The van der Waals surface area contributed by atoms with Crippen LogP contribution in [0.25, 0.3) is 6.08 Å². The number of halogens is 1. The third-order valence-electron chi connectivity index (χ3n) is 4.29. The lowest BCUT2D eigenvalue weighted by Gasteiger charge is -2.29. The van der Waals surface area contributed by atoms with Gasteiger partial charge in [-0.3, -0.25) is 4.79 Å². The molecule has 0 spiro atoms. The maximum absolute atomic E-state index is 14.4. The van der Waals surface area contributed by atoms with Crippen LogP contribution in [-0.2, 0) is 4.74 Å². The fourth-order valence-electron chi connectivity index (χ4n) is 2.89. The molecule has 5 nitrogen and oxygen atoms in total. The molecular weight excluding hydrogens is 349 g/mol. The van der Waals surface area contributed by atoms with Crippen molar-refractivity contribution in [3.63, 3.8) is 0 Å². The van der Waals surface area contributed by atoms with Crippen LogP contribution in [0.15, 0.2) is 42.5 Å². The van der Waals surface area contributed by atoms with E-state index in [0.29, 0.717) is 49.9 Å². The number of morpholine rings is 1. The number of aromatic hydroxyl groups is 1. The third-order valence-corrected chi connectivity index (χ3v) is 4.29. The van der Waals surface area contributed by atoms with Crippen LogP contribution in [0.4, 0.5) is 10.1 Å². The molecule has 2 aromatic rings. The highest BCUT2D eigenvalue weighted by Crippen LogP contribution is 2.27. The summed E-state index contributed by atoms with van der Waals surface area (Å²) in [5.74, 6) is -0.318. The van der Waals surface area contributed by atoms with Gasteiger partial charge in [-0.2, -0.15) is 0 Å². The number of allylic oxidation sites excluding steroid dienone is 1. The van der Waals surface area contributed by atoms with E-state index in [4.69, 9.17) is 9.47 Å². The molecular formula is C21H22FNO4. The minimum absolute atomic E-state index is 0.0427. The van der Waals surface area contributed by atoms with Gasteiger partial charge in [0.1, 0.15) is 5.82 Å². The zero-order chi connectivity index (χ0) is 19.2. The van der Waals surface area contributed by atoms with Crippen molar-refractivity contribution >= 4 is 17.5 Å². The smallest absolute Gasteiger partial charge is 0.185 e. The molecule has 0 radical (unpaired) electrons. The Morgan fingerprint density at radius 1 is 1.26 bits per heavy atom. The van der Waals surface area contributed by atoms with Crippen LogP contribution in [0.5, 0.6) is 11.5 Å². The summed E-state index contributed by atoms with van der Waals surface area (Å²) in [5, 5.41) is 9.72. The molecule has 3 rings (SSSR count). The van der Waals surface area contributed by atoms with E-state index in [9.17, 15) is 14.3 Å². The first kappa shape index (κ1) is 18.9. The molecule has 0 aromatic heterocycles. The number of phenolic OH excluding ortho intramolecular Hbond substituents is 1. The second kappa shape index (κ2) is 8.68. The van der Waals surface area contributed by atoms with Gasteiger partial charge in [0, 0.05) is 18.7 Å². The van der Waals surface area contributed by atoms with Crippen LogP contribution in [-0.4, -0.2) is 43.8 Å². The Hall–Kier alpha value is -2.86. The largest absolute Gasteiger partial charge is 0.504 e. The monoisotopic (exact) mass is 371 g/mol. The lowest BCUT2D eigenvalue weighted by atomic mass is 10.1. The van der Waals surface area contributed by atoms with E-state index >= 15 is 0 Å². The van der Waals surface area contributed by atoms with Crippen LogP contribution < -0.4 is 9.64 Å². The minimum atomic E-state index is -0.417. The lowest BCUT2D eigenvalue weighted by Crippen LogP contribution is -2.36. The van der Waals surface area contributed by atoms with Gasteiger partial charge in [-0.15, -0.1) is 0 Å². The van der Waals surface area contributed by atoms with E-state index in [1.165, 1.54) is 18.2 Å². The van der Waals surface area contributed by atoms with Crippen LogP contribution in [0.1, 0.15) is 22.8 Å². The zero-order valence-corrected chi connectivity index (χ0v) is 15.2. The molecule has 6 heteroatoms. The van der Waals surface area contributed by atoms with Crippen molar-refractivity contribution in [1.82, 2.24) is 0 Å². The summed E-state index contributed by atoms with van der Waals surface area (Å²) in [6, 6.07) is 9.35. The van der Waals surface area contributed by atoms with Gasteiger partial charge in [0.15, 0.2) is 17.3 Å². The number of hydrogen-bond acceptors (Lipinski definition) is 5. The molecule has 0 amide bonds. The number of ether oxygens (including phenoxy) is 2. The molecule has 1 N–H and O–H groups in total. The molecule has 0 bridgehead atoms. The van der Waals surface area contributed by atoms with E-state index < -0.39 is 5.82 Å². The molecule has 2 aromatic carbocycles. The first-order valence-corrected chi connectivity index (χ1v) is 8.89. The first-order valence-electron chi connectivity index (χ1n) is 8.89. The van der Waals surface area contributed by atoms with Crippen molar-refractivity contribution in [2.45, 2.75) is 6.92 Å². The van der Waals surface area contributed by atoms with Crippen molar-refractivity contribution in [3.8, 4) is 11.5 Å². The fraction of sp³-hybridized carbons (Fsp3) is 0.286. The molecule has 1 heterocycles. The third kappa shape index (κ3) is 4.65. The van der Waals surface area contributed by atoms with Gasteiger partial charge in [-0.05, 0) is 48.9 Å². The number of ketones is 1. The molecule has 0 saturated carbocycles. The maximum atomic E-state index is 14.4. The summed E-state index contributed by atoms with van der Waals surface area (Å²) in [6.07, 6.45) is 2.99. The second-order valence-electron chi connectivity index (χ2n) is 6.12. The van der Waals surface area contributed by atoms with E-state index in [-0.39, 0.29) is 17.1 Å². The standard InChI is InChI=1S/C21H22FNO4/c1-2-27-21-13-15(4-8-20(21)25)3-7-19(24)16-5-6-18(17(22)14-16)23-9-11-26-12-10-23/h3-8,13-14,25H,2,9-12H2,1H3. The Labute approximate surface area is 157 Å². The SMILES string of the molecule is CCOc1cc(C=CC(=O)c2ccc(N3CCOCC3)c(F)c2)ccc1O. The highest BCUT2D eigenvalue weighted by Gasteiger charge is 2.16. The quantitative estimate of drug-likeness (QED) is 0.620. The zero-order valence-electron chi connectivity index (χ0n) is 15.2. The van der Waals surface area contributed by atoms with Crippen molar-refractivity contribution in [2.24, 2.45) is 0 Å². The molecule has 27 heavy (non-hydrogen) atoms. The molecule has 0 atom stereocenters. The number of anilines is 1. The summed E-state index contributed by atoms with van der Waals surface area (Å²) in [5.41, 5.74) is 1.47. The Morgan fingerprint density at radius 3 is 2.74 bits per heavy atom. The van der Waals surface area contributed by atoms with Crippen LogP contribution in [0.3, 0.4) is 0 Å². The maximum Gasteiger partial charge on any atom is 0.185 e. The highest BCUT2D eigenvalue weighted by atomic mass is 19.1. The van der Waals surface area contributed by atoms with E-state index in [0.717, 1.165) is 0 Å². The highest BCUT2D eigenvalue weighted by molar-refractivity contribution is 6.07. The fourth-order valence-corrected chi connectivity index (χ4v) is 2.89. The van der Waals surface area contributed by atoms with Crippen LogP contribution in [0, 0.1) is 5.82 Å². The van der Waals surface area contributed by atoms with Crippen LogP contribution >= 0.6 is 0 Å². The Kier molecular flexibility index (Phi) is 6.08. The predicted molar refractivity (Wildman–Crippen MR) is 102 cm³/mol. The topological polar surface area (TPSA) is 59.0 Å². The van der Waals surface area contributed by atoms with Gasteiger partial charge in [-0.1, -0.05) is 12.1 Å². The Balaban J connectivity index is 1.73. The molecule has 1 aliphatic heterocycles. The number of carbonyl (C=O) groups excluding carboxylic acids is 1. The Morgan fingerprint density at radius 2 is 2.04 bits per heavy atom. The molecule has 142 valence electrons. The lowest BCUT2D eigenvalue weighted by molar-refractivity contribution is 0.104. The summed E-state index contributed by atoms with van der Waals surface area (Å²) in [7, 11) is 0. The van der Waals surface area contributed by atoms with Crippen molar-refractivity contribution < 1.29 is 23.8 Å². The summed E-state index contributed by atoms with van der Waals surface area (Å²) >= 11 is 0. The number of phenols is 1. The van der Waals surface area contributed by atoms with Gasteiger partial charge >= 0.3 is 0 Å². The normalized spacial score (nSPS) is 14.5. The van der Waals surface area contributed by atoms with Crippen molar-refractivity contribution in [2.75, 3.05) is 37.8 Å². The van der Waals surface area contributed by atoms with E-state index in [1.807, 2.05) is 11.8 Å². The van der Waals surface area contributed by atoms with E-state index in [1.54, 1.807) is 30.3 Å². The molecule has 1 aliphatic rings. The summed E-state index contributed by atoms with van der Waals surface area (Å²) in [4.78, 5) is 14.3. The average Bonchev–Trinajstić information content (AvgIpc) is 2.69. The number of hydrogen-bond donors (Lipinski definition) is 1. The molecule has 0 aliphatic carbocycles. The predicted octanol–water partition coefficient (Wildman–Crippen LogP) is 3.66. The number of nitrogens with zero attached hydrogens (tertiary/aromatic N) is 1. The van der Waals surface area contributed by atoms with Crippen LogP contribution in [0.2, 0.25) is 0 Å².